The van der Waals surface area contributed by atoms with Crippen molar-refractivity contribution in [2.24, 2.45) is 0 Å². The van der Waals surface area contributed by atoms with Crippen LogP contribution in [0.25, 0.3) is 0 Å². The van der Waals surface area contributed by atoms with E-state index in [9.17, 15) is 0 Å². The molecular weight excluding hydrogens is 402 g/mol. The van der Waals surface area contributed by atoms with Crippen LogP contribution in [-0.4, -0.2) is 13.1 Å². The summed E-state index contributed by atoms with van der Waals surface area (Å²) in [6.07, 6.45) is 3.19. The Bertz CT molecular complexity index is 1020. The van der Waals surface area contributed by atoms with E-state index in [1.807, 2.05) is 6.07 Å². The minimum Gasteiger partial charge on any atom is -0.489 e. The van der Waals surface area contributed by atoms with Crippen LogP contribution < -0.4 is 10.1 Å². The van der Waals surface area contributed by atoms with Crippen LogP contribution in [0.15, 0.2) is 115 Å². The van der Waals surface area contributed by atoms with Gasteiger partial charge in [-0.2, -0.15) is 0 Å². The monoisotopic (exact) mass is 435 g/mol. The lowest BCUT2D eigenvalue weighted by Crippen LogP contribution is -2.20. The Labute approximate surface area is 198 Å². The van der Waals surface area contributed by atoms with E-state index in [-0.39, 0.29) is 0 Å². The number of hydrogen-bond donors (Lipinski definition) is 1. The molecule has 168 valence electrons. The van der Waals surface area contributed by atoms with Crippen molar-refractivity contribution in [2.45, 2.75) is 31.8 Å². The van der Waals surface area contributed by atoms with Crippen molar-refractivity contribution in [1.29, 1.82) is 0 Å². The SMILES string of the molecule is c1ccc(COc2ccccc2CCCNCCC(c2ccccc2)c2ccccc2)cc1. The van der Waals surface area contributed by atoms with Crippen molar-refractivity contribution in [3.63, 3.8) is 0 Å². The van der Waals surface area contributed by atoms with E-state index in [4.69, 9.17) is 4.74 Å². The first kappa shape index (κ1) is 22.8. The summed E-state index contributed by atoms with van der Waals surface area (Å²) in [4.78, 5) is 0. The molecular formula is C31H33NO. The highest BCUT2D eigenvalue weighted by molar-refractivity contribution is 5.34. The molecule has 0 aliphatic carbocycles. The molecule has 33 heavy (non-hydrogen) atoms. The van der Waals surface area contributed by atoms with Gasteiger partial charge >= 0.3 is 0 Å². The molecule has 0 heterocycles. The minimum atomic E-state index is 0.423. The van der Waals surface area contributed by atoms with Crippen LogP contribution >= 0.6 is 0 Å². The molecule has 0 saturated heterocycles. The highest BCUT2D eigenvalue weighted by Crippen LogP contribution is 2.27. The summed E-state index contributed by atoms with van der Waals surface area (Å²) < 4.78 is 6.11. The van der Waals surface area contributed by atoms with Crippen molar-refractivity contribution in [3.8, 4) is 5.75 Å². The molecule has 4 rings (SSSR count). The second-order valence-electron chi connectivity index (χ2n) is 8.40. The molecule has 0 atom stereocenters. The van der Waals surface area contributed by atoms with Gasteiger partial charge in [0.05, 0.1) is 0 Å². The number of nitrogens with one attached hydrogen (secondary N) is 1. The molecule has 0 saturated carbocycles. The van der Waals surface area contributed by atoms with Gasteiger partial charge in [-0.3, -0.25) is 0 Å². The summed E-state index contributed by atoms with van der Waals surface area (Å²) in [7, 11) is 0. The Balaban J connectivity index is 1.24. The summed E-state index contributed by atoms with van der Waals surface area (Å²) in [6.45, 7) is 2.61. The lowest BCUT2D eigenvalue weighted by molar-refractivity contribution is 0.302. The summed E-state index contributed by atoms with van der Waals surface area (Å²) in [6, 6.07) is 40.4. The Morgan fingerprint density at radius 2 is 1.18 bits per heavy atom. The summed E-state index contributed by atoms with van der Waals surface area (Å²) in [5.41, 5.74) is 5.24. The lowest BCUT2D eigenvalue weighted by Gasteiger charge is -2.18. The van der Waals surface area contributed by atoms with E-state index in [0.29, 0.717) is 12.5 Å². The van der Waals surface area contributed by atoms with Crippen molar-refractivity contribution < 1.29 is 4.74 Å². The Morgan fingerprint density at radius 1 is 0.606 bits per heavy atom. The van der Waals surface area contributed by atoms with E-state index in [0.717, 1.165) is 38.1 Å². The zero-order valence-electron chi connectivity index (χ0n) is 19.2. The van der Waals surface area contributed by atoms with Gasteiger partial charge in [-0.25, -0.2) is 0 Å². The van der Waals surface area contributed by atoms with E-state index in [2.05, 4.69) is 115 Å². The average molecular weight is 436 g/mol. The van der Waals surface area contributed by atoms with E-state index >= 15 is 0 Å². The average Bonchev–Trinajstić information content (AvgIpc) is 2.89. The molecule has 2 heteroatoms. The summed E-state index contributed by atoms with van der Waals surface area (Å²) >= 11 is 0. The number of rotatable bonds is 12. The second-order valence-corrected chi connectivity index (χ2v) is 8.40. The molecule has 0 amide bonds. The molecule has 1 N–H and O–H groups in total. The fourth-order valence-electron chi connectivity index (χ4n) is 4.26. The van der Waals surface area contributed by atoms with Gasteiger partial charge in [0.1, 0.15) is 12.4 Å². The molecule has 0 radical (unpaired) electrons. The van der Waals surface area contributed by atoms with Crippen LogP contribution in [0.3, 0.4) is 0 Å². The normalized spacial score (nSPS) is 10.9. The maximum atomic E-state index is 6.11. The van der Waals surface area contributed by atoms with Gasteiger partial charge in [0.2, 0.25) is 0 Å². The first-order valence-electron chi connectivity index (χ1n) is 12.0. The predicted molar refractivity (Wildman–Crippen MR) is 138 cm³/mol. The van der Waals surface area contributed by atoms with Crippen molar-refractivity contribution in [3.05, 3.63) is 138 Å². The Kier molecular flexibility index (Phi) is 8.73. The smallest absolute Gasteiger partial charge is 0.122 e. The van der Waals surface area contributed by atoms with Crippen LogP contribution in [-0.2, 0) is 13.0 Å². The van der Waals surface area contributed by atoms with E-state index < -0.39 is 0 Å². The van der Waals surface area contributed by atoms with Gasteiger partial charge in [-0.1, -0.05) is 109 Å². The second kappa shape index (κ2) is 12.6. The van der Waals surface area contributed by atoms with Gasteiger partial charge in [-0.15, -0.1) is 0 Å². The Hall–Kier alpha value is -3.36. The zero-order valence-corrected chi connectivity index (χ0v) is 19.2. The first-order chi connectivity index (χ1) is 16.4. The number of benzene rings is 4. The molecule has 2 nitrogen and oxygen atoms in total. The number of aryl methyl sites for hydroxylation is 1. The van der Waals surface area contributed by atoms with Gasteiger partial charge < -0.3 is 10.1 Å². The van der Waals surface area contributed by atoms with E-state index in [1.165, 1.54) is 22.3 Å². The minimum absolute atomic E-state index is 0.423. The number of para-hydroxylation sites is 1. The topological polar surface area (TPSA) is 21.3 Å². The standard InChI is InChI=1S/C31H33NO/c1-4-13-26(14-5-1)25-33-31-21-11-10-19-29(31)20-12-23-32-24-22-30(27-15-6-2-7-16-27)28-17-8-3-9-18-28/h1-11,13-19,21,30,32H,12,20,22-25H2. The fourth-order valence-corrected chi connectivity index (χ4v) is 4.26. The van der Waals surface area contributed by atoms with Crippen molar-refractivity contribution >= 4 is 0 Å². The third-order valence-electron chi connectivity index (χ3n) is 6.02. The molecule has 0 unspecified atom stereocenters. The van der Waals surface area contributed by atoms with Crippen LogP contribution in [0.4, 0.5) is 0 Å². The zero-order chi connectivity index (χ0) is 22.6. The molecule has 0 bridgehead atoms. The largest absolute Gasteiger partial charge is 0.489 e. The highest BCUT2D eigenvalue weighted by atomic mass is 16.5. The summed E-state index contributed by atoms with van der Waals surface area (Å²) in [5.74, 6) is 1.42. The van der Waals surface area contributed by atoms with Crippen molar-refractivity contribution in [2.75, 3.05) is 13.1 Å². The lowest BCUT2D eigenvalue weighted by atomic mass is 9.88. The van der Waals surface area contributed by atoms with Crippen LogP contribution in [0.5, 0.6) is 5.75 Å². The Morgan fingerprint density at radius 3 is 1.85 bits per heavy atom. The van der Waals surface area contributed by atoms with Gasteiger partial charge in [0.15, 0.2) is 0 Å². The molecule has 0 aliphatic rings. The van der Waals surface area contributed by atoms with Gasteiger partial charge in [0.25, 0.3) is 0 Å². The van der Waals surface area contributed by atoms with Crippen molar-refractivity contribution in [1.82, 2.24) is 5.32 Å². The molecule has 0 aromatic heterocycles. The fraction of sp³-hybridized carbons (Fsp3) is 0.226. The van der Waals surface area contributed by atoms with Crippen LogP contribution in [0.1, 0.15) is 41.0 Å². The summed E-state index contributed by atoms with van der Waals surface area (Å²) in [5, 5.41) is 3.66. The predicted octanol–water partition coefficient (Wildman–Crippen LogP) is 7.01. The molecule has 4 aromatic carbocycles. The molecule has 0 fully saturated rings. The first-order valence-corrected chi connectivity index (χ1v) is 12.0. The maximum Gasteiger partial charge on any atom is 0.122 e. The quantitative estimate of drug-likeness (QED) is 0.242. The molecule has 0 aliphatic heterocycles. The van der Waals surface area contributed by atoms with Crippen LogP contribution in [0, 0.1) is 0 Å². The third kappa shape index (κ3) is 7.06. The third-order valence-corrected chi connectivity index (χ3v) is 6.02. The number of ether oxygens (including phenoxy) is 1. The maximum absolute atomic E-state index is 6.11. The van der Waals surface area contributed by atoms with Gasteiger partial charge in [0, 0.05) is 5.92 Å². The number of hydrogen-bond acceptors (Lipinski definition) is 2. The molecule has 0 spiro atoms. The van der Waals surface area contributed by atoms with Crippen LogP contribution in [0.2, 0.25) is 0 Å². The van der Waals surface area contributed by atoms with E-state index in [1.54, 1.807) is 0 Å². The molecule has 4 aromatic rings. The highest BCUT2D eigenvalue weighted by Gasteiger charge is 2.13. The van der Waals surface area contributed by atoms with Gasteiger partial charge in [-0.05, 0) is 60.7 Å².